The maximum absolute atomic E-state index is 11.9. The third-order valence-corrected chi connectivity index (χ3v) is 3.98. The first-order valence-electron chi connectivity index (χ1n) is 6.68. The van der Waals surface area contributed by atoms with Gasteiger partial charge in [0.05, 0.1) is 11.1 Å². The highest BCUT2D eigenvalue weighted by molar-refractivity contribution is 6.21. The zero-order chi connectivity index (χ0) is 14.2. The fourth-order valence-electron chi connectivity index (χ4n) is 2.21. The predicted molar refractivity (Wildman–Crippen MR) is 75.4 cm³/mol. The number of nitrogens with one attached hydrogen (secondary N) is 1. The Hall–Kier alpha value is -1.84. The van der Waals surface area contributed by atoms with Crippen LogP contribution in [-0.2, 0) is 0 Å². The Kier molecular flexibility index (Phi) is 3.60. The average molecular weight is 260 g/mol. The van der Waals surface area contributed by atoms with E-state index in [1.165, 1.54) is 7.05 Å². The maximum Gasteiger partial charge on any atom is 0.261 e. The van der Waals surface area contributed by atoms with E-state index in [4.69, 9.17) is 0 Å². The number of carbonyl (C=O) groups excluding carboxylic acids is 2. The Morgan fingerprint density at radius 2 is 1.79 bits per heavy atom. The highest BCUT2D eigenvalue weighted by atomic mass is 16.2. The van der Waals surface area contributed by atoms with E-state index in [0.29, 0.717) is 23.1 Å². The largest absolute Gasteiger partial charge is 0.382 e. The molecule has 1 aromatic rings. The van der Waals surface area contributed by atoms with Gasteiger partial charge in [-0.05, 0) is 31.0 Å². The fourth-order valence-corrected chi connectivity index (χ4v) is 2.21. The Morgan fingerprint density at radius 1 is 1.16 bits per heavy atom. The lowest BCUT2D eigenvalue weighted by atomic mass is 10.00. The molecule has 0 saturated carbocycles. The summed E-state index contributed by atoms with van der Waals surface area (Å²) in [5.41, 5.74) is 1.88. The van der Waals surface area contributed by atoms with Crippen LogP contribution in [0.3, 0.4) is 0 Å². The van der Waals surface area contributed by atoms with Gasteiger partial charge in [-0.1, -0.05) is 20.3 Å². The van der Waals surface area contributed by atoms with Crippen LogP contribution in [0.1, 0.15) is 47.9 Å². The van der Waals surface area contributed by atoms with Gasteiger partial charge in [-0.25, -0.2) is 0 Å². The van der Waals surface area contributed by atoms with Crippen LogP contribution >= 0.6 is 0 Å². The summed E-state index contributed by atoms with van der Waals surface area (Å²) in [6.45, 7) is 6.47. The van der Waals surface area contributed by atoms with Gasteiger partial charge in [-0.2, -0.15) is 0 Å². The molecule has 102 valence electrons. The zero-order valence-electron chi connectivity index (χ0n) is 11.9. The standard InChI is InChI=1S/C15H20N2O2/c1-5-9(2)10(3)16-11-6-7-12-13(8-11)15(19)17(4)14(12)18/h6-10,16H,5H2,1-4H3. The molecule has 0 bridgehead atoms. The molecule has 4 heteroatoms. The number of carbonyl (C=O) groups is 2. The molecular formula is C15H20N2O2. The molecule has 4 nitrogen and oxygen atoms in total. The van der Waals surface area contributed by atoms with Gasteiger partial charge in [-0.15, -0.1) is 0 Å². The third-order valence-electron chi connectivity index (χ3n) is 3.98. The Bertz CT molecular complexity index is 525. The number of fused-ring (bicyclic) bond motifs is 1. The lowest BCUT2D eigenvalue weighted by Crippen LogP contribution is -2.24. The number of benzene rings is 1. The van der Waals surface area contributed by atoms with Crippen molar-refractivity contribution in [2.45, 2.75) is 33.2 Å². The molecule has 1 aromatic carbocycles. The first-order chi connectivity index (χ1) is 8.95. The summed E-state index contributed by atoms with van der Waals surface area (Å²) in [5, 5.41) is 3.39. The number of rotatable bonds is 4. The average Bonchev–Trinajstić information content (AvgIpc) is 2.63. The summed E-state index contributed by atoms with van der Waals surface area (Å²) in [7, 11) is 1.51. The summed E-state index contributed by atoms with van der Waals surface area (Å²) >= 11 is 0. The van der Waals surface area contributed by atoms with Crippen molar-refractivity contribution in [1.29, 1.82) is 0 Å². The second-order valence-corrected chi connectivity index (χ2v) is 5.25. The van der Waals surface area contributed by atoms with Gasteiger partial charge in [0.1, 0.15) is 0 Å². The molecule has 1 aliphatic rings. The molecule has 0 saturated heterocycles. The number of hydrogen-bond donors (Lipinski definition) is 1. The monoisotopic (exact) mass is 260 g/mol. The van der Waals surface area contributed by atoms with Crippen LogP contribution in [0.2, 0.25) is 0 Å². The van der Waals surface area contributed by atoms with Crippen LogP contribution in [0.5, 0.6) is 0 Å². The van der Waals surface area contributed by atoms with Crippen molar-refractivity contribution in [2.24, 2.45) is 5.92 Å². The summed E-state index contributed by atoms with van der Waals surface area (Å²) in [5.74, 6) is 0.106. The van der Waals surface area contributed by atoms with Crippen molar-refractivity contribution in [3.8, 4) is 0 Å². The summed E-state index contributed by atoms with van der Waals surface area (Å²) in [6, 6.07) is 5.69. The Labute approximate surface area is 113 Å². The van der Waals surface area contributed by atoms with E-state index in [9.17, 15) is 9.59 Å². The number of nitrogens with zero attached hydrogens (tertiary/aromatic N) is 1. The van der Waals surface area contributed by atoms with Crippen LogP contribution in [-0.4, -0.2) is 29.8 Å². The summed E-state index contributed by atoms with van der Waals surface area (Å²) < 4.78 is 0. The molecule has 0 fully saturated rings. The van der Waals surface area contributed by atoms with Gasteiger partial charge in [0.2, 0.25) is 0 Å². The van der Waals surface area contributed by atoms with E-state index < -0.39 is 0 Å². The van der Waals surface area contributed by atoms with Crippen LogP contribution in [0.25, 0.3) is 0 Å². The molecule has 2 rings (SSSR count). The molecule has 2 atom stereocenters. The van der Waals surface area contributed by atoms with Crippen molar-refractivity contribution in [3.63, 3.8) is 0 Å². The second-order valence-electron chi connectivity index (χ2n) is 5.25. The molecule has 2 unspecified atom stereocenters. The van der Waals surface area contributed by atoms with E-state index in [-0.39, 0.29) is 11.8 Å². The Balaban J connectivity index is 2.24. The molecule has 1 heterocycles. The van der Waals surface area contributed by atoms with Crippen LogP contribution in [0.4, 0.5) is 5.69 Å². The molecule has 19 heavy (non-hydrogen) atoms. The SMILES string of the molecule is CCC(C)C(C)Nc1ccc2c(c1)C(=O)N(C)C2=O. The molecule has 1 N–H and O–H groups in total. The van der Waals surface area contributed by atoms with Crippen molar-refractivity contribution in [2.75, 3.05) is 12.4 Å². The topological polar surface area (TPSA) is 49.4 Å². The molecular weight excluding hydrogens is 240 g/mol. The fraction of sp³-hybridized carbons (Fsp3) is 0.467. The number of anilines is 1. The van der Waals surface area contributed by atoms with E-state index in [0.717, 1.165) is 17.0 Å². The van der Waals surface area contributed by atoms with E-state index in [2.05, 4.69) is 26.1 Å². The number of imide groups is 1. The minimum atomic E-state index is -0.222. The third kappa shape index (κ3) is 2.35. The number of hydrogen-bond acceptors (Lipinski definition) is 3. The van der Waals surface area contributed by atoms with Gasteiger partial charge in [-0.3, -0.25) is 14.5 Å². The van der Waals surface area contributed by atoms with Crippen molar-refractivity contribution in [1.82, 2.24) is 4.90 Å². The van der Waals surface area contributed by atoms with E-state index in [1.54, 1.807) is 12.1 Å². The van der Waals surface area contributed by atoms with E-state index >= 15 is 0 Å². The normalized spacial score (nSPS) is 17.4. The van der Waals surface area contributed by atoms with Gasteiger partial charge in [0.25, 0.3) is 11.8 Å². The van der Waals surface area contributed by atoms with Gasteiger partial charge in [0, 0.05) is 18.8 Å². The van der Waals surface area contributed by atoms with Crippen LogP contribution in [0, 0.1) is 5.92 Å². The Morgan fingerprint density at radius 3 is 2.42 bits per heavy atom. The van der Waals surface area contributed by atoms with Gasteiger partial charge in [0.15, 0.2) is 0 Å². The number of amides is 2. The molecule has 0 aliphatic carbocycles. The lowest BCUT2D eigenvalue weighted by molar-refractivity contribution is 0.0693. The summed E-state index contributed by atoms with van der Waals surface area (Å²) in [6.07, 6.45) is 1.10. The van der Waals surface area contributed by atoms with Crippen molar-refractivity contribution >= 4 is 17.5 Å². The minimum Gasteiger partial charge on any atom is -0.382 e. The highest BCUT2D eigenvalue weighted by Gasteiger charge is 2.32. The highest BCUT2D eigenvalue weighted by Crippen LogP contribution is 2.25. The summed E-state index contributed by atoms with van der Waals surface area (Å²) in [4.78, 5) is 24.9. The molecule has 2 amide bonds. The quantitative estimate of drug-likeness (QED) is 0.847. The maximum atomic E-state index is 11.9. The first-order valence-corrected chi connectivity index (χ1v) is 6.68. The van der Waals surface area contributed by atoms with Crippen molar-refractivity contribution in [3.05, 3.63) is 29.3 Å². The van der Waals surface area contributed by atoms with Crippen LogP contribution in [0.15, 0.2) is 18.2 Å². The zero-order valence-corrected chi connectivity index (χ0v) is 11.9. The first kappa shape index (κ1) is 13.6. The minimum absolute atomic E-state index is 0.221. The molecule has 0 aromatic heterocycles. The van der Waals surface area contributed by atoms with E-state index in [1.807, 2.05) is 6.07 Å². The van der Waals surface area contributed by atoms with Gasteiger partial charge < -0.3 is 5.32 Å². The van der Waals surface area contributed by atoms with Crippen molar-refractivity contribution < 1.29 is 9.59 Å². The molecule has 0 spiro atoms. The smallest absolute Gasteiger partial charge is 0.261 e. The van der Waals surface area contributed by atoms with Gasteiger partial charge >= 0.3 is 0 Å². The molecule has 1 aliphatic heterocycles. The lowest BCUT2D eigenvalue weighted by Gasteiger charge is -2.21. The van der Waals surface area contributed by atoms with Crippen LogP contribution < -0.4 is 5.32 Å². The predicted octanol–water partition coefficient (Wildman–Crippen LogP) is 2.76. The molecule has 0 radical (unpaired) electrons. The second kappa shape index (κ2) is 5.03.